The molecule has 0 radical (unpaired) electrons. The largest absolute Gasteiger partial charge is 0.497 e. The number of aliphatic hydroxyl groups excluding tert-OH is 1. The Labute approximate surface area is 125 Å². The molecular formula is C17H21NO3. The number of hydrogen-bond donors (Lipinski definition) is 2. The lowest BCUT2D eigenvalue weighted by Crippen LogP contribution is -2.24. The van der Waals surface area contributed by atoms with Gasteiger partial charge in [-0.3, -0.25) is 0 Å². The van der Waals surface area contributed by atoms with Gasteiger partial charge in [-0.15, -0.1) is 0 Å². The molecule has 2 aromatic rings. The number of rotatable bonds is 7. The Bertz CT molecular complexity index is 557. The molecule has 112 valence electrons. The standard InChI is InChI=1S/C17H21NO3/c1-20-15-9-8-14(17(10-15)21-2)11-18-16(12-19)13-6-4-3-5-7-13/h3-10,16,18-19H,11-12H2,1-2H3/t16-/m1/s1. The van der Waals surface area contributed by atoms with E-state index in [1.807, 2.05) is 48.5 Å². The summed E-state index contributed by atoms with van der Waals surface area (Å²) >= 11 is 0. The minimum Gasteiger partial charge on any atom is -0.497 e. The monoisotopic (exact) mass is 287 g/mol. The van der Waals surface area contributed by atoms with Gasteiger partial charge in [0, 0.05) is 18.2 Å². The summed E-state index contributed by atoms with van der Waals surface area (Å²) in [5, 5.41) is 12.9. The van der Waals surface area contributed by atoms with Gasteiger partial charge in [0.1, 0.15) is 11.5 Å². The first-order valence-electron chi connectivity index (χ1n) is 6.88. The molecule has 0 aliphatic rings. The normalized spacial score (nSPS) is 12.0. The van der Waals surface area contributed by atoms with Gasteiger partial charge in [-0.25, -0.2) is 0 Å². The van der Waals surface area contributed by atoms with Gasteiger partial charge >= 0.3 is 0 Å². The highest BCUT2D eigenvalue weighted by Crippen LogP contribution is 2.25. The van der Waals surface area contributed by atoms with Crippen LogP contribution in [0.3, 0.4) is 0 Å². The third-order valence-electron chi connectivity index (χ3n) is 3.42. The van der Waals surface area contributed by atoms with Crippen molar-refractivity contribution in [1.82, 2.24) is 5.32 Å². The van der Waals surface area contributed by atoms with Gasteiger partial charge in [-0.2, -0.15) is 0 Å². The Kier molecular flexibility index (Phi) is 5.60. The Morgan fingerprint density at radius 3 is 2.43 bits per heavy atom. The zero-order valence-electron chi connectivity index (χ0n) is 12.4. The molecule has 0 saturated heterocycles. The number of methoxy groups -OCH3 is 2. The lowest BCUT2D eigenvalue weighted by Gasteiger charge is -2.18. The van der Waals surface area contributed by atoms with Gasteiger partial charge in [-0.1, -0.05) is 36.4 Å². The van der Waals surface area contributed by atoms with Crippen LogP contribution in [0.2, 0.25) is 0 Å². The molecule has 0 aromatic heterocycles. The zero-order valence-corrected chi connectivity index (χ0v) is 12.4. The lowest BCUT2D eigenvalue weighted by atomic mass is 10.1. The minimum absolute atomic E-state index is 0.0441. The Hall–Kier alpha value is -2.04. The van der Waals surface area contributed by atoms with Crippen LogP contribution >= 0.6 is 0 Å². The molecule has 0 aliphatic carbocycles. The smallest absolute Gasteiger partial charge is 0.127 e. The highest BCUT2D eigenvalue weighted by molar-refractivity contribution is 5.40. The third-order valence-corrected chi connectivity index (χ3v) is 3.42. The maximum absolute atomic E-state index is 9.55. The number of ether oxygens (including phenoxy) is 2. The molecule has 0 saturated carbocycles. The SMILES string of the molecule is COc1ccc(CN[C@H](CO)c2ccccc2)c(OC)c1. The summed E-state index contributed by atoms with van der Waals surface area (Å²) < 4.78 is 10.6. The maximum atomic E-state index is 9.55. The van der Waals surface area contributed by atoms with Crippen LogP contribution in [0.15, 0.2) is 48.5 Å². The van der Waals surface area contributed by atoms with Crippen molar-refractivity contribution in [3.63, 3.8) is 0 Å². The third kappa shape index (κ3) is 3.97. The van der Waals surface area contributed by atoms with E-state index in [0.29, 0.717) is 6.54 Å². The predicted molar refractivity (Wildman–Crippen MR) is 82.7 cm³/mol. The van der Waals surface area contributed by atoms with Crippen molar-refractivity contribution in [2.75, 3.05) is 20.8 Å². The van der Waals surface area contributed by atoms with E-state index >= 15 is 0 Å². The van der Waals surface area contributed by atoms with Crippen LogP contribution < -0.4 is 14.8 Å². The van der Waals surface area contributed by atoms with E-state index in [2.05, 4.69) is 5.32 Å². The number of aliphatic hydroxyl groups is 1. The molecule has 2 rings (SSSR count). The minimum atomic E-state index is -0.0991. The molecule has 21 heavy (non-hydrogen) atoms. The topological polar surface area (TPSA) is 50.7 Å². The van der Waals surface area contributed by atoms with Gasteiger partial charge in [0.15, 0.2) is 0 Å². The van der Waals surface area contributed by atoms with Crippen molar-refractivity contribution in [2.45, 2.75) is 12.6 Å². The summed E-state index contributed by atoms with van der Waals surface area (Å²) in [4.78, 5) is 0. The van der Waals surface area contributed by atoms with Crippen LogP contribution in [0, 0.1) is 0 Å². The fraction of sp³-hybridized carbons (Fsp3) is 0.294. The van der Waals surface area contributed by atoms with Crippen LogP contribution in [0.4, 0.5) is 0 Å². The summed E-state index contributed by atoms with van der Waals surface area (Å²) in [6.07, 6.45) is 0. The molecule has 4 nitrogen and oxygen atoms in total. The van der Waals surface area contributed by atoms with Gasteiger partial charge in [0.2, 0.25) is 0 Å². The second-order valence-electron chi connectivity index (χ2n) is 4.70. The molecule has 2 N–H and O–H groups in total. The summed E-state index contributed by atoms with van der Waals surface area (Å²) in [6, 6.07) is 15.5. The average Bonchev–Trinajstić information content (AvgIpc) is 2.56. The number of benzene rings is 2. The van der Waals surface area contributed by atoms with Crippen LogP contribution in [-0.2, 0) is 6.54 Å². The molecule has 4 heteroatoms. The fourth-order valence-corrected chi connectivity index (χ4v) is 2.20. The molecule has 0 unspecified atom stereocenters. The number of hydrogen-bond acceptors (Lipinski definition) is 4. The van der Waals surface area contributed by atoms with E-state index in [4.69, 9.17) is 9.47 Å². The molecule has 1 atom stereocenters. The maximum Gasteiger partial charge on any atom is 0.127 e. The summed E-state index contributed by atoms with van der Waals surface area (Å²) in [7, 11) is 3.27. The van der Waals surface area contributed by atoms with E-state index < -0.39 is 0 Å². The van der Waals surface area contributed by atoms with Crippen molar-refractivity contribution in [2.24, 2.45) is 0 Å². The van der Waals surface area contributed by atoms with Gasteiger partial charge in [0.25, 0.3) is 0 Å². The first kappa shape index (κ1) is 15.4. The van der Waals surface area contributed by atoms with Crippen molar-refractivity contribution in [1.29, 1.82) is 0 Å². The van der Waals surface area contributed by atoms with Crippen LogP contribution in [0.25, 0.3) is 0 Å². The van der Waals surface area contributed by atoms with E-state index in [1.165, 1.54) is 0 Å². The van der Waals surface area contributed by atoms with Crippen LogP contribution in [0.5, 0.6) is 11.5 Å². The highest BCUT2D eigenvalue weighted by atomic mass is 16.5. The molecule has 0 spiro atoms. The molecule has 2 aromatic carbocycles. The Balaban J connectivity index is 2.08. The summed E-state index contributed by atoms with van der Waals surface area (Å²) in [5.74, 6) is 1.53. The van der Waals surface area contributed by atoms with Crippen LogP contribution in [0.1, 0.15) is 17.2 Å². The first-order chi connectivity index (χ1) is 10.3. The second kappa shape index (κ2) is 7.67. The number of nitrogens with one attached hydrogen (secondary N) is 1. The lowest BCUT2D eigenvalue weighted by molar-refractivity contribution is 0.243. The molecular weight excluding hydrogens is 266 g/mol. The molecule has 0 heterocycles. The molecule has 0 fully saturated rings. The van der Waals surface area contributed by atoms with E-state index in [9.17, 15) is 5.11 Å². The predicted octanol–water partition coefficient (Wildman–Crippen LogP) is 2.53. The second-order valence-corrected chi connectivity index (χ2v) is 4.70. The summed E-state index contributed by atoms with van der Waals surface area (Å²) in [5.41, 5.74) is 2.08. The quantitative estimate of drug-likeness (QED) is 0.821. The van der Waals surface area contributed by atoms with Crippen molar-refractivity contribution >= 4 is 0 Å². The van der Waals surface area contributed by atoms with E-state index in [-0.39, 0.29) is 12.6 Å². The Morgan fingerprint density at radius 1 is 1.05 bits per heavy atom. The van der Waals surface area contributed by atoms with Gasteiger partial charge in [-0.05, 0) is 11.6 Å². The van der Waals surface area contributed by atoms with Crippen LogP contribution in [-0.4, -0.2) is 25.9 Å². The molecule has 0 bridgehead atoms. The van der Waals surface area contributed by atoms with Gasteiger partial charge in [0.05, 0.1) is 26.9 Å². The highest BCUT2D eigenvalue weighted by Gasteiger charge is 2.11. The van der Waals surface area contributed by atoms with Gasteiger partial charge < -0.3 is 19.9 Å². The van der Waals surface area contributed by atoms with E-state index in [0.717, 1.165) is 22.6 Å². The fourth-order valence-electron chi connectivity index (χ4n) is 2.20. The Morgan fingerprint density at radius 2 is 1.81 bits per heavy atom. The van der Waals surface area contributed by atoms with Crippen molar-refractivity contribution in [3.8, 4) is 11.5 Å². The van der Waals surface area contributed by atoms with E-state index in [1.54, 1.807) is 14.2 Å². The molecule has 0 amide bonds. The van der Waals surface area contributed by atoms with Crippen molar-refractivity contribution < 1.29 is 14.6 Å². The summed E-state index contributed by atoms with van der Waals surface area (Å²) in [6.45, 7) is 0.649. The molecule has 0 aliphatic heterocycles. The van der Waals surface area contributed by atoms with Crippen molar-refractivity contribution in [3.05, 3.63) is 59.7 Å². The first-order valence-corrected chi connectivity index (χ1v) is 6.88. The zero-order chi connectivity index (χ0) is 15.1. The average molecular weight is 287 g/mol.